The third-order valence-electron chi connectivity index (χ3n) is 2.84. The quantitative estimate of drug-likeness (QED) is 0.863. The minimum Gasteiger partial charge on any atom is -0.491 e. The number of hydrogen-bond acceptors (Lipinski definition) is 3. The van der Waals surface area contributed by atoms with Gasteiger partial charge in [-0.15, -0.1) is 0 Å². The highest BCUT2D eigenvalue weighted by Gasteiger charge is 2.14. The van der Waals surface area contributed by atoms with Crippen LogP contribution in [-0.4, -0.2) is 24.2 Å². The zero-order valence-corrected chi connectivity index (χ0v) is 11.4. The van der Waals surface area contributed by atoms with Crippen LogP contribution in [0.5, 0.6) is 5.75 Å². The Kier molecular flexibility index (Phi) is 4.60. The zero-order valence-electron chi connectivity index (χ0n) is 10.6. The molecule has 1 unspecified atom stereocenters. The van der Waals surface area contributed by atoms with Gasteiger partial charge in [0.2, 0.25) is 0 Å². The normalized spacial score (nSPS) is 19.6. The van der Waals surface area contributed by atoms with E-state index in [1.54, 1.807) is 0 Å². The second kappa shape index (κ2) is 6.20. The van der Waals surface area contributed by atoms with Crippen molar-refractivity contribution in [3.05, 3.63) is 24.3 Å². The molecule has 17 heavy (non-hydrogen) atoms. The molecule has 0 spiro atoms. The molecule has 94 valence electrons. The summed E-state index contributed by atoms with van der Waals surface area (Å²) < 4.78 is 5.62. The Labute approximate surface area is 108 Å². The molecule has 1 N–H and O–H groups in total. The van der Waals surface area contributed by atoms with E-state index in [0.29, 0.717) is 0 Å². The Morgan fingerprint density at radius 3 is 2.71 bits per heavy atom. The zero-order chi connectivity index (χ0) is 12.1. The minimum absolute atomic E-state index is 0.240. The van der Waals surface area contributed by atoms with Gasteiger partial charge >= 0.3 is 0 Å². The fraction of sp³-hybridized carbons (Fsp3) is 0.571. The SMILES string of the molecule is CC(C)Oc1ccc(NCC2CCSC2)cc1. The van der Waals surface area contributed by atoms with E-state index in [9.17, 15) is 0 Å². The maximum atomic E-state index is 5.62. The summed E-state index contributed by atoms with van der Waals surface area (Å²) in [6.45, 7) is 5.19. The first-order valence-corrected chi connectivity index (χ1v) is 7.48. The van der Waals surface area contributed by atoms with Crippen LogP contribution in [0.3, 0.4) is 0 Å². The van der Waals surface area contributed by atoms with E-state index in [2.05, 4.69) is 29.2 Å². The third kappa shape index (κ3) is 4.15. The highest BCUT2D eigenvalue weighted by Crippen LogP contribution is 2.24. The molecule has 2 nitrogen and oxygen atoms in total. The van der Waals surface area contributed by atoms with Crippen LogP contribution in [0.1, 0.15) is 20.3 Å². The summed E-state index contributed by atoms with van der Waals surface area (Å²) in [5.74, 6) is 4.42. The molecule has 1 aliphatic rings. The van der Waals surface area contributed by atoms with Crippen LogP contribution in [0, 0.1) is 5.92 Å². The van der Waals surface area contributed by atoms with Crippen molar-refractivity contribution >= 4 is 17.4 Å². The van der Waals surface area contributed by atoms with Crippen LogP contribution in [0.2, 0.25) is 0 Å². The summed E-state index contributed by atoms with van der Waals surface area (Å²) in [5, 5.41) is 3.50. The van der Waals surface area contributed by atoms with Crippen LogP contribution in [0.25, 0.3) is 0 Å². The van der Waals surface area contributed by atoms with E-state index in [1.807, 2.05) is 26.0 Å². The molecule has 1 saturated heterocycles. The smallest absolute Gasteiger partial charge is 0.119 e. The standard InChI is InChI=1S/C14H21NOS/c1-11(2)16-14-5-3-13(4-6-14)15-9-12-7-8-17-10-12/h3-6,11-12,15H,7-10H2,1-2H3. The van der Waals surface area contributed by atoms with Gasteiger partial charge in [-0.25, -0.2) is 0 Å². The Morgan fingerprint density at radius 1 is 1.35 bits per heavy atom. The van der Waals surface area contributed by atoms with Crippen molar-refractivity contribution in [2.45, 2.75) is 26.4 Å². The number of nitrogens with one attached hydrogen (secondary N) is 1. The van der Waals surface area contributed by atoms with Crippen LogP contribution < -0.4 is 10.1 Å². The molecule has 3 heteroatoms. The van der Waals surface area contributed by atoms with Crippen molar-refractivity contribution in [1.29, 1.82) is 0 Å². The predicted molar refractivity (Wildman–Crippen MR) is 76.1 cm³/mol. The molecule has 1 aromatic rings. The van der Waals surface area contributed by atoms with Gasteiger partial charge in [0.1, 0.15) is 5.75 Å². The lowest BCUT2D eigenvalue weighted by atomic mass is 10.1. The lowest BCUT2D eigenvalue weighted by molar-refractivity contribution is 0.242. The molecular formula is C14H21NOS. The molecule has 1 aliphatic heterocycles. The van der Waals surface area contributed by atoms with Crippen LogP contribution in [0.4, 0.5) is 5.69 Å². The fourth-order valence-electron chi connectivity index (χ4n) is 1.93. The number of anilines is 1. The third-order valence-corrected chi connectivity index (χ3v) is 4.08. The highest BCUT2D eigenvalue weighted by molar-refractivity contribution is 7.99. The van der Waals surface area contributed by atoms with Gasteiger partial charge in [-0.2, -0.15) is 11.8 Å². The van der Waals surface area contributed by atoms with Crippen LogP contribution in [-0.2, 0) is 0 Å². The molecule has 0 aromatic heterocycles. The van der Waals surface area contributed by atoms with Gasteiger partial charge in [-0.1, -0.05) is 0 Å². The van der Waals surface area contributed by atoms with Gasteiger partial charge in [0.15, 0.2) is 0 Å². The van der Waals surface area contributed by atoms with Crippen molar-refractivity contribution in [3.8, 4) is 5.75 Å². The van der Waals surface area contributed by atoms with Crippen molar-refractivity contribution < 1.29 is 4.74 Å². The fourth-order valence-corrected chi connectivity index (χ4v) is 3.21. The molecule has 1 fully saturated rings. The number of rotatable bonds is 5. The van der Waals surface area contributed by atoms with Gasteiger partial charge < -0.3 is 10.1 Å². The highest BCUT2D eigenvalue weighted by atomic mass is 32.2. The Bertz CT molecular complexity index is 331. The Balaban J connectivity index is 1.80. The van der Waals surface area contributed by atoms with Gasteiger partial charge in [-0.3, -0.25) is 0 Å². The Hall–Kier alpha value is -0.830. The lowest BCUT2D eigenvalue weighted by Crippen LogP contribution is -2.13. The van der Waals surface area contributed by atoms with E-state index in [0.717, 1.165) is 18.2 Å². The van der Waals surface area contributed by atoms with Crippen molar-refractivity contribution in [2.24, 2.45) is 5.92 Å². The average Bonchev–Trinajstić information content (AvgIpc) is 2.80. The maximum Gasteiger partial charge on any atom is 0.119 e. The monoisotopic (exact) mass is 251 g/mol. The first-order chi connectivity index (χ1) is 8.24. The lowest BCUT2D eigenvalue weighted by Gasteiger charge is -2.13. The van der Waals surface area contributed by atoms with E-state index in [-0.39, 0.29) is 6.10 Å². The first-order valence-electron chi connectivity index (χ1n) is 6.32. The van der Waals surface area contributed by atoms with Crippen LogP contribution in [0.15, 0.2) is 24.3 Å². The molecule has 0 bridgehead atoms. The predicted octanol–water partition coefficient (Wildman–Crippen LogP) is 3.64. The maximum absolute atomic E-state index is 5.62. The Morgan fingerprint density at radius 2 is 2.12 bits per heavy atom. The molecule has 1 aromatic carbocycles. The van der Waals surface area contributed by atoms with Crippen molar-refractivity contribution in [1.82, 2.24) is 0 Å². The molecule has 2 rings (SSSR count). The van der Waals surface area contributed by atoms with Gasteiger partial charge in [0.05, 0.1) is 6.10 Å². The molecule has 1 atom stereocenters. The molecule has 0 aliphatic carbocycles. The topological polar surface area (TPSA) is 21.3 Å². The number of benzene rings is 1. The number of thioether (sulfide) groups is 1. The molecule has 0 amide bonds. The summed E-state index contributed by atoms with van der Waals surface area (Å²) in [6.07, 6.45) is 1.59. The van der Waals surface area contributed by atoms with Crippen molar-refractivity contribution in [2.75, 3.05) is 23.4 Å². The molecule has 1 heterocycles. The van der Waals surface area contributed by atoms with Gasteiger partial charge in [0, 0.05) is 12.2 Å². The summed E-state index contributed by atoms with van der Waals surface area (Å²) in [6, 6.07) is 8.26. The molecule has 0 radical (unpaired) electrons. The summed E-state index contributed by atoms with van der Waals surface area (Å²) in [7, 11) is 0. The number of ether oxygens (including phenoxy) is 1. The second-order valence-electron chi connectivity index (χ2n) is 4.80. The molecular weight excluding hydrogens is 230 g/mol. The first kappa shape index (κ1) is 12.6. The molecule has 0 saturated carbocycles. The van der Waals surface area contributed by atoms with Crippen molar-refractivity contribution in [3.63, 3.8) is 0 Å². The van der Waals surface area contributed by atoms with E-state index < -0.39 is 0 Å². The average molecular weight is 251 g/mol. The summed E-state index contributed by atoms with van der Waals surface area (Å²) in [5.41, 5.74) is 1.19. The summed E-state index contributed by atoms with van der Waals surface area (Å²) in [4.78, 5) is 0. The van der Waals surface area contributed by atoms with E-state index >= 15 is 0 Å². The van der Waals surface area contributed by atoms with E-state index in [4.69, 9.17) is 4.74 Å². The number of hydrogen-bond donors (Lipinski definition) is 1. The second-order valence-corrected chi connectivity index (χ2v) is 5.95. The largest absolute Gasteiger partial charge is 0.491 e. The minimum atomic E-state index is 0.240. The van der Waals surface area contributed by atoms with Crippen LogP contribution >= 0.6 is 11.8 Å². The van der Waals surface area contributed by atoms with Gasteiger partial charge in [0.25, 0.3) is 0 Å². The van der Waals surface area contributed by atoms with Gasteiger partial charge in [-0.05, 0) is 62.0 Å². The van der Waals surface area contributed by atoms with E-state index in [1.165, 1.54) is 23.6 Å². The summed E-state index contributed by atoms with van der Waals surface area (Å²) >= 11 is 2.07.